The molecule has 0 saturated carbocycles. The lowest BCUT2D eigenvalue weighted by Gasteiger charge is -2.20. The first-order valence-corrected chi connectivity index (χ1v) is 6.67. The number of benzene rings is 1. The molecule has 90 valence electrons. The Hall–Kier alpha value is -0.100. The lowest BCUT2D eigenvalue weighted by molar-refractivity contribution is 0.133. The summed E-state index contributed by atoms with van der Waals surface area (Å²) in [4.78, 5) is 0. The summed E-state index contributed by atoms with van der Waals surface area (Å²) < 4.78 is 1.38. The molecule has 0 heterocycles. The molecular weight excluding hydrogens is 338 g/mol. The van der Waals surface area contributed by atoms with Crippen molar-refractivity contribution in [3.05, 3.63) is 26.6 Å². The Labute approximate surface area is 112 Å². The van der Waals surface area contributed by atoms with Gasteiger partial charge in [0.1, 0.15) is 5.75 Å². The predicted octanol–water partition coefficient (Wildman–Crippen LogP) is 3.08. The van der Waals surface area contributed by atoms with Crippen LogP contribution in [0.4, 0.5) is 0 Å². The Balaban J connectivity index is 3.03. The van der Waals surface area contributed by atoms with Crippen LogP contribution in [0, 0.1) is 0 Å². The highest BCUT2D eigenvalue weighted by Gasteiger charge is 2.20. The average Bonchev–Trinajstić information content (AvgIpc) is 2.22. The summed E-state index contributed by atoms with van der Waals surface area (Å²) in [5.41, 5.74) is 6.46. The number of hydrogen-bond donors (Lipinski definition) is 3. The van der Waals surface area contributed by atoms with Crippen molar-refractivity contribution in [2.45, 2.75) is 31.9 Å². The highest BCUT2D eigenvalue weighted by atomic mass is 79.9. The summed E-state index contributed by atoms with van der Waals surface area (Å²) in [6.07, 6.45) is 0.826. The van der Waals surface area contributed by atoms with Gasteiger partial charge in [-0.15, -0.1) is 0 Å². The van der Waals surface area contributed by atoms with Crippen LogP contribution in [0.5, 0.6) is 5.75 Å². The maximum atomic E-state index is 9.85. The zero-order chi connectivity index (χ0) is 12.3. The van der Waals surface area contributed by atoms with Gasteiger partial charge in [-0.1, -0.05) is 29.3 Å². The van der Waals surface area contributed by atoms with E-state index in [9.17, 15) is 10.2 Å². The fourth-order valence-electron chi connectivity index (χ4n) is 1.52. The second kappa shape index (κ2) is 6.00. The number of aromatic hydroxyl groups is 1. The third-order valence-electron chi connectivity index (χ3n) is 2.42. The van der Waals surface area contributed by atoms with Crippen LogP contribution in [0.15, 0.2) is 21.1 Å². The fourth-order valence-corrected chi connectivity index (χ4v) is 2.78. The van der Waals surface area contributed by atoms with E-state index in [-0.39, 0.29) is 5.75 Å². The van der Waals surface area contributed by atoms with Gasteiger partial charge in [0.05, 0.1) is 16.6 Å². The van der Waals surface area contributed by atoms with Crippen molar-refractivity contribution in [1.82, 2.24) is 0 Å². The van der Waals surface area contributed by atoms with Crippen molar-refractivity contribution >= 4 is 31.9 Å². The molecule has 1 aromatic carbocycles. The number of phenolic OH excluding ortho intramolecular Hbond substituents is 1. The van der Waals surface area contributed by atoms with E-state index in [1.165, 1.54) is 0 Å². The minimum atomic E-state index is -0.642. The number of nitrogens with two attached hydrogens (primary N) is 1. The maximum Gasteiger partial charge on any atom is 0.134 e. The number of halogens is 2. The van der Waals surface area contributed by atoms with E-state index in [0.29, 0.717) is 16.5 Å². The molecule has 2 atom stereocenters. The molecule has 0 aliphatic heterocycles. The minimum Gasteiger partial charge on any atom is -0.506 e. The van der Waals surface area contributed by atoms with E-state index in [4.69, 9.17) is 5.73 Å². The maximum absolute atomic E-state index is 9.85. The van der Waals surface area contributed by atoms with E-state index in [2.05, 4.69) is 31.9 Å². The smallest absolute Gasteiger partial charge is 0.134 e. The average molecular weight is 353 g/mol. The second-order valence-electron chi connectivity index (χ2n) is 3.71. The lowest BCUT2D eigenvalue weighted by atomic mass is 9.98. The Morgan fingerprint density at radius 3 is 2.56 bits per heavy atom. The van der Waals surface area contributed by atoms with Crippen LogP contribution in [-0.2, 0) is 0 Å². The van der Waals surface area contributed by atoms with Crippen LogP contribution < -0.4 is 5.73 Å². The molecule has 0 amide bonds. The molecule has 1 aromatic rings. The predicted molar refractivity (Wildman–Crippen MR) is 71.4 cm³/mol. The number of rotatable bonds is 4. The third kappa shape index (κ3) is 3.20. The Morgan fingerprint density at radius 2 is 2.00 bits per heavy atom. The first-order valence-electron chi connectivity index (χ1n) is 5.09. The van der Waals surface area contributed by atoms with Crippen LogP contribution in [0.3, 0.4) is 0 Å². The first-order chi connectivity index (χ1) is 7.47. The van der Waals surface area contributed by atoms with E-state index in [1.54, 1.807) is 12.1 Å². The summed E-state index contributed by atoms with van der Waals surface area (Å²) in [6, 6.07) is 2.88. The summed E-state index contributed by atoms with van der Waals surface area (Å²) >= 11 is 6.56. The van der Waals surface area contributed by atoms with Crippen LogP contribution in [0.25, 0.3) is 0 Å². The van der Waals surface area contributed by atoms with Crippen LogP contribution in [-0.4, -0.2) is 16.3 Å². The normalized spacial score (nSPS) is 14.8. The van der Waals surface area contributed by atoms with Gasteiger partial charge in [0, 0.05) is 10.0 Å². The Morgan fingerprint density at radius 1 is 1.38 bits per heavy atom. The molecule has 5 heteroatoms. The molecule has 3 nitrogen and oxygen atoms in total. The molecule has 0 bridgehead atoms. The molecule has 16 heavy (non-hydrogen) atoms. The zero-order valence-electron chi connectivity index (χ0n) is 8.95. The van der Waals surface area contributed by atoms with Gasteiger partial charge in [-0.05, 0) is 34.5 Å². The molecule has 0 spiro atoms. The molecule has 0 aliphatic carbocycles. The van der Waals surface area contributed by atoms with Crippen molar-refractivity contribution in [3.63, 3.8) is 0 Å². The van der Waals surface area contributed by atoms with Crippen molar-refractivity contribution in [1.29, 1.82) is 0 Å². The fraction of sp³-hybridized carbons (Fsp3) is 0.455. The zero-order valence-corrected chi connectivity index (χ0v) is 12.1. The molecule has 0 aromatic heterocycles. The van der Waals surface area contributed by atoms with Gasteiger partial charge in [0.25, 0.3) is 0 Å². The van der Waals surface area contributed by atoms with Crippen molar-refractivity contribution < 1.29 is 10.2 Å². The van der Waals surface area contributed by atoms with Gasteiger partial charge in [0.15, 0.2) is 0 Å². The van der Waals surface area contributed by atoms with Crippen LogP contribution in [0.2, 0.25) is 0 Å². The largest absolute Gasteiger partial charge is 0.506 e. The van der Waals surface area contributed by atoms with Gasteiger partial charge in [0.2, 0.25) is 0 Å². The molecule has 0 fully saturated rings. The van der Waals surface area contributed by atoms with Crippen molar-refractivity contribution in [2.75, 3.05) is 0 Å². The summed E-state index contributed by atoms with van der Waals surface area (Å²) in [5.74, 6) is 0.0888. The van der Waals surface area contributed by atoms with Crippen molar-refractivity contribution in [2.24, 2.45) is 5.73 Å². The standard InChI is InChI=1S/C11H15Br2NO2/c1-2-3-9(15)10(14)7-4-6(12)5-8(13)11(7)16/h4-5,9-10,15-16H,2-3,14H2,1H3/t9-,10+/m0/s1. The minimum absolute atomic E-state index is 0.0888. The lowest BCUT2D eigenvalue weighted by Crippen LogP contribution is -2.26. The molecule has 4 N–H and O–H groups in total. The number of aliphatic hydroxyl groups excluding tert-OH is 1. The van der Waals surface area contributed by atoms with E-state index in [0.717, 1.165) is 10.9 Å². The van der Waals surface area contributed by atoms with Crippen molar-refractivity contribution in [3.8, 4) is 5.75 Å². The molecule has 0 unspecified atom stereocenters. The quantitative estimate of drug-likeness (QED) is 0.780. The summed E-state index contributed by atoms with van der Waals surface area (Å²) in [5, 5.41) is 19.7. The second-order valence-corrected chi connectivity index (χ2v) is 5.48. The molecule has 0 saturated heterocycles. The molecule has 0 radical (unpaired) electrons. The van der Waals surface area contributed by atoms with Gasteiger partial charge >= 0.3 is 0 Å². The highest BCUT2D eigenvalue weighted by Crippen LogP contribution is 2.35. The molecule has 1 rings (SSSR count). The van der Waals surface area contributed by atoms with E-state index >= 15 is 0 Å². The van der Waals surface area contributed by atoms with Crippen LogP contribution in [0.1, 0.15) is 31.4 Å². The van der Waals surface area contributed by atoms with Crippen LogP contribution >= 0.6 is 31.9 Å². The Kier molecular flexibility index (Phi) is 5.24. The van der Waals surface area contributed by atoms with E-state index < -0.39 is 12.1 Å². The summed E-state index contributed by atoms with van der Waals surface area (Å²) in [7, 11) is 0. The first kappa shape index (κ1) is 14.0. The van der Waals surface area contributed by atoms with Gasteiger partial charge in [-0.3, -0.25) is 0 Å². The van der Waals surface area contributed by atoms with Gasteiger partial charge in [-0.25, -0.2) is 0 Å². The number of phenols is 1. The Bertz CT molecular complexity index is 371. The topological polar surface area (TPSA) is 66.5 Å². The van der Waals surface area contributed by atoms with Gasteiger partial charge in [-0.2, -0.15) is 0 Å². The number of hydrogen-bond acceptors (Lipinski definition) is 3. The van der Waals surface area contributed by atoms with E-state index in [1.807, 2.05) is 6.92 Å². The monoisotopic (exact) mass is 351 g/mol. The van der Waals surface area contributed by atoms with Gasteiger partial charge < -0.3 is 15.9 Å². The molecule has 0 aliphatic rings. The highest BCUT2D eigenvalue weighted by molar-refractivity contribution is 9.11. The molecular formula is C11H15Br2NO2. The SMILES string of the molecule is CCC[C@H](O)[C@H](N)c1cc(Br)cc(Br)c1O. The number of aliphatic hydroxyl groups is 1. The third-order valence-corrected chi connectivity index (χ3v) is 3.48. The summed E-state index contributed by atoms with van der Waals surface area (Å²) in [6.45, 7) is 1.98.